The molecular weight excluding hydrogens is 162 g/mol. The Morgan fingerprint density at radius 2 is 2.22 bits per heavy atom. The third-order valence-corrected chi connectivity index (χ3v) is 2.98. The van der Waals surface area contributed by atoms with Gasteiger partial charge in [0.2, 0.25) is 10.0 Å². The summed E-state index contributed by atoms with van der Waals surface area (Å²) in [7, 11) is -2.86. The highest BCUT2D eigenvalue weighted by Crippen LogP contribution is 2.09. The average Bonchev–Trinajstić information content (AvgIpc) is 1.62. The predicted octanol–water partition coefficient (Wildman–Crippen LogP) is -0.0831. The monoisotopic (exact) mass is 169 g/mol. The smallest absolute Gasteiger partial charge is 0.212 e. The fourth-order valence-corrected chi connectivity index (χ4v) is 2.33. The lowest BCUT2D eigenvalue weighted by Crippen LogP contribution is -2.53. The molecule has 0 aliphatic carbocycles. The van der Waals surface area contributed by atoms with Crippen LogP contribution in [0.1, 0.15) is 6.42 Å². The molecular formula is C4H8ClNO2S. The molecule has 0 bridgehead atoms. The molecule has 0 aromatic heterocycles. The number of rotatable bonds is 2. The van der Waals surface area contributed by atoms with Crippen LogP contribution in [-0.2, 0) is 10.0 Å². The zero-order valence-electron chi connectivity index (χ0n) is 4.80. The van der Waals surface area contributed by atoms with Gasteiger partial charge in [-0.1, -0.05) is 0 Å². The summed E-state index contributed by atoms with van der Waals surface area (Å²) in [5, 5.41) is 0. The van der Waals surface area contributed by atoms with E-state index in [-0.39, 0.29) is 11.8 Å². The molecule has 1 saturated heterocycles. The maximum Gasteiger partial charge on any atom is 0.213 e. The van der Waals surface area contributed by atoms with E-state index in [0.29, 0.717) is 5.88 Å². The van der Waals surface area contributed by atoms with Crippen LogP contribution in [0.2, 0.25) is 0 Å². The number of sulfonamides is 1. The fraction of sp³-hybridized carbons (Fsp3) is 1.00. The normalized spacial score (nSPS) is 31.4. The fourth-order valence-electron chi connectivity index (χ4n) is 0.775. The summed E-state index contributed by atoms with van der Waals surface area (Å²) in [6.07, 6.45) is 0.737. The molecule has 1 aliphatic rings. The van der Waals surface area contributed by atoms with E-state index < -0.39 is 10.0 Å². The predicted molar refractivity (Wildman–Crippen MR) is 36.0 cm³/mol. The Labute approximate surface area is 59.4 Å². The van der Waals surface area contributed by atoms with Crippen molar-refractivity contribution in [2.75, 3.05) is 11.6 Å². The van der Waals surface area contributed by atoms with E-state index in [9.17, 15) is 8.42 Å². The summed E-state index contributed by atoms with van der Waals surface area (Å²) in [5.74, 6) is 0.771. The van der Waals surface area contributed by atoms with Gasteiger partial charge < -0.3 is 0 Å². The number of nitrogens with one attached hydrogen (secondary N) is 1. The summed E-state index contributed by atoms with van der Waals surface area (Å²) in [6, 6.07) is 0.104. The third kappa shape index (κ3) is 1.81. The van der Waals surface area contributed by atoms with Gasteiger partial charge in [0, 0.05) is 11.9 Å². The lowest BCUT2D eigenvalue weighted by atomic mass is 10.3. The molecule has 1 unspecified atom stereocenters. The number of alkyl halides is 1. The third-order valence-electron chi connectivity index (χ3n) is 1.22. The molecule has 1 aliphatic heterocycles. The van der Waals surface area contributed by atoms with Crippen molar-refractivity contribution in [3.63, 3.8) is 0 Å². The maximum atomic E-state index is 10.4. The van der Waals surface area contributed by atoms with E-state index in [1.165, 1.54) is 0 Å². The van der Waals surface area contributed by atoms with E-state index in [1.54, 1.807) is 0 Å². The second-order valence-corrected chi connectivity index (χ2v) is 4.25. The largest absolute Gasteiger partial charge is 0.213 e. The molecule has 1 rings (SSSR count). The molecule has 9 heavy (non-hydrogen) atoms. The van der Waals surface area contributed by atoms with Gasteiger partial charge >= 0.3 is 0 Å². The van der Waals surface area contributed by atoms with E-state index in [1.807, 2.05) is 0 Å². The van der Waals surface area contributed by atoms with Gasteiger partial charge in [-0.15, -0.1) is 11.6 Å². The van der Waals surface area contributed by atoms with Crippen LogP contribution in [0, 0.1) is 0 Å². The molecule has 1 heterocycles. The summed E-state index contributed by atoms with van der Waals surface area (Å²) >= 11 is 5.37. The van der Waals surface area contributed by atoms with Gasteiger partial charge in [0.1, 0.15) is 0 Å². The lowest BCUT2D eigenvalue weighted by molar-refractivity contribution is 0.509. The first-order valence-corrected chi connectivity index (χ1v) is 4.89. The number of hydrogen-bond donors (Lipinski definition) is 1. The minimum Gasteiger partial charge on any atom is -0.212 e. The minimum atomic E-state index is -2.86. The summed E-state index contributed by atoms with van der Waals surface area (Å²) < 4.78 is 23.2. The SMILES string of the molecule is O=S1(=O)CC(CCCl)N1. The van der Waals surface area contributed by atoms with Gasteiger partial charge in [-0.05, 0) is 6.42 Å². The topological polar surface area (TPSA) is 46.2 Å². The van der Waals surface area contributed by atoms with Gasteiger partial charge in [0.05, 0.1) is 5.75 Å². The lowest BCUT2D eigenvalue weighted by Gasteiger charge is -2.26. The molecule has 0 amide bonds. The molecule has 54 valence electrons. The highest BCUT2D eigenvalue weighted by atomic mass is 35.5. The van der Waals surface area contributed by atoms with E-state index >= 15 is 0 Å². The Balaban J connectivity index is 2.28. The van der Waals surface area contributed by atoms with Crippen molar-refractivity contribution in [2.24, 2.45) is 0 Å². The molecule has 0 saturated carbocycles. The molecule has 1 fully saturated rings. The zero-order valence-corrected chi connectivity index (χ0v) is 6.37. The Bertz CT molecular complexity index is 177. The summed E-state index contributed by atoms with van der Waals surface area (Å²) in [6.45, 7) is 0. The van der Waals surface area contributed by atoms with E-state index in [2.05, 4.69) is 4.72 Å². The molecule has 0 aromatic carbocycles. The standard InChI is InChI=1S/C4H8ClNO2S/c5-2-1-4-3-9(7,8)6-4/h4,6H,1-3H2. The highest BCUT2D eigenvalue weighted by Gasteiger charge is 2.30. The minimum absolute atomic E-state index is 0.104. The zero-order chi connectivity index (χ0) is 6.91. The van der Waals surface area contributed by atoms with Crippen LogP contribution in [0.4, 0.5) is 0 Å². The summed E-state index contributed by atoms with van der Waals surface area (Å²) in [4.78, 5) is 0. The molecule has 5 heteroatoms. The van der Waals surface area contributed by atoms with Crippen molar-refractivity contribution in [1.82, 2.24) is 4.72 Å². The number of halogens is 1. The van der Waals surface area contributed by atoms with E-state index in [4.69, 9.17) is 11.6 Å². The van der Waals surface area contributed by atoms with Crippen LogP contribution in [0.5, 0.6) is 0 Å². The number of hydrogen-bond acceptors (Lipinski definition) is 2. The second kappa shape index (κ2) is 2.44. The van der Waals surface area contributed by atoms with Crippen LogP contribution in [0.3, 0.4) is 0 Å². The first-order chi connectivity index (χ1) is 4.14. The van der Waals surface area contributed by atoms with Crippen LogP contribution < -0.4 is 4.72 Å². The first kappa shape index (κ1) is 7.31. The molecule has 0 spiro atoms. The van der Waals surface area contributed by atoms with Crippen molar-refractivity contribution in [3.05, 3.63) is 0 Å². The van der Waals surface area contributed by atoms with Gasteiger partial charge in [-0.2, -0.15) is 0 Å². The maximum absolute atomic E-state index is 10.4. The Kier molecular flexibility index (Phi) is 1.98. The van der Waals surface area contributed by atoms with Crippen molar-refractivity contribution in [3.8, 4) is 0 Å². The van der Waals surface area contributed by atoms with Crippen LogP contribution in [0.15, 0.2) is 0 Å². The van der Waals surface area contributed by atoms with Crippen LogP contribution in [0.25, 0.3) is 0 Å². The van der Waals surface area contributed by atoms with Crippen molar-refractivity contribution in [1.29, 1.82) is 0 Å². The van der Waals surface area contributed by atoms with Crippen molar-refractivity contribution < 1.29 is 8.42 Å². The highest BCUT2D eigenvalue weighted by molar-refractivity contribution is 7.90. The van der Waals surface area contributed by atoms with Crippen LogP contribution >= 0.6 is 11.6 Å². The van der Waals surface area contributed by atoms with Gasteiger partial charge in [0.25, 0.3) is 0 Å². The molecule has 1 atom stereocenters. The Morgan fingerprint density at radius 1 is 1.67 bits per heavy atom. The average molecular weight is 170 g/mol. The molecule has 1 N–H and O–H groups in total. The van der Waals surface area contributed by atoms with Gasteiger partial charge in [-0.25, -0.2) is 13.1 Å². The molecule has 0 radical (unpaired) electrons. The first-order valence-electron chi connectivity index (χ1n) is 2.70. The van der Waals surface area contributed by atoms with E-state index in [0.717, 1.165) is 6.42 Å². The van der Waals surface area contributed by atoms with Gasteiger partial charge in [-0.3, -0.25) is 0 Å². The second-order valence-electron chi connectivity index (χ2n) is 2.07. The Hall–Kier alpha value is 0.200. The van der Waals surface area contributed by atoms with Crippen molar-refractivity contribution in [2.45, 2.75) is 12.5 Å². The quantitative estimate of drug-likeness (QED) is 0.588. The van der Waals surface area contributed by atoms with Crippen LogP contribution in [-0.4, -0.2) is 26.1 Å². The molecule has 0 aromatic rings. The summed E-state index contributed by atoms with van der Waals surface area (Å²) in [5.41, 5.74) is 0. The van der Waals surface area contributed by atoms with Crippen molar-refractivity contribution >= 4 is 21.6 Å². The Morgan fingerprint density at radius 3 is 2.56 bits per heavy atom. The molecule has 3 nitrogen and oxygen atoms in total. The van der Waals surface area contributed by atoms with Gasteiger partial charge in [0.15, 0.2) is 0 Å².